The largest absolute Gasteiger partial charge is 0.484 e. The molecule has 0 N–H and O–H groups in total. The predicted molar refractivity (Wildman–Crippen MR) is 90.6 cm³/mol. The van der Waals surface area contributed by atoms with Gasteiger partial charge in [0.1, 0.15) is 0 Å². The van der Waals surface area contributed by atoms with Crippen molar-refractivity contribution in [1.82, 2.24) is 0 Å². The molecule has 3 nitrogen and oxygen atoms in total. The van der Waals surface area contributed by atoms with Crippen LogP contribution >= 0.6 is 25.3 Å². The van der Waals surface area contributed by atoms with E-state index in [1.165, 1.54) is 0 Å². The third-order valence-electron chi connectivity index (χ3n) is 2.43. The molecule has 0 saturated carbocycles. The van der Waals surface area contributed by atoms with Gasteiger partial charge in [-0.3, -0.25) is 0 Å². The first kappa shape index (κ1) is 19.8. The van der Waals surface area contributed by atoms with Gasteiger partial charge in [0.2, 0.25) is 0 Å². The molecule has 0 amide bonds. The van der Waals surface area contributed by atoms with Crippen LogP contribution in [-0.4, -0.2) is 39.8 Å². The predicted octanol–water partition coefficient (Wildman–Crippen LogP) is 3.22. The van der Waals surface area contributed by atoms with Gasteiger partial charge in [0.25, 0.3) is 0 Å². The minimum atomic E-state index is -1.97. The van der Waals surface area contributed by atoms with Crippen LogP contribution in [0.5, 0.6) is 0 Å². The Balaban J connectivity index is 4.09. The van der Waals surface area contributed by atoms with Gasteiger partial charge in [0, 0.05) is 24.6 Å². The van der Waals surface area contributed by atoms with Crippen molar-refractivity contribution in [3.8, 4) is 0 Å². The Morgan fingerprint density at radius 2 is 1.58 bits per heavy atom. The Labute approximate surface area is 131 Å². The molecule has 19 heavy (non-hydrogen) atoms. The molecule has 0 aromatic heterocycles. The molecule has 0 fully saturated rings. The topological polar surface area (TPSA) is 27.7 Å². The van der Waals surface area contributed by atoms with Gasteiger partial charge in [-0.2, -0.15) is 25.3 Å². The summed E-state index contributed by atoms with van der Waals surface area (Å²) in [6, 6.07) is 0. The Morgan fingerprint density at radius 3 is 1.95 bits per heavy atom. The van der Waals surface area contributed by atoms with Crippen LogP contribution in [0.4, 0.5) is 0 Å². The van der Waals surface area contributed by atoms with Gasteiger partial charge in [-0.25, -0.2) is 0 Å². The minimum Gasteiger partial charge on any atom is -0.376 e. The molecule has 1 unspecified atom stereocenters. The van der Waals surface area contributed by atoms with E-state index >= 15 is 0 Å². The van der Waals surface area contributed by atoms with E-state index in [-0.39, 0.29) is 4.75 Å². The van der Waals surface area contributed by atoms with Crippen LogP contribution in [-0.2, 0) is 13.3 Å². The molecule has 0 saturated heterocycles. The van der Waals surface area contributed by atoms with Crippen LogP contribution in [0.1, 0.15) is 47.0 Å². The molecule has 0 heterocycles. The van der Waals surface area contributed by atoms with Crippen molar-refractivity contribution in [2.45, 2.75) is 51.7 Å². The summed E-state index contributed by atoms with van der Waals surface area (Å²) in [6.45, 7) is 10.5. The number of thiol groups is 2. The molecule has 0 bridgehead atoms. The van der Waals surface area contributed by atoms with Crippen molar-refractivity contribution in [3.63, 3.8) is 0 Å². The van der Waals surface area contributed by atoms with Gasteiger partial charge in [-0.05, 0) is 30.9 Å². The molecule has 116 valence electrons. The summed E-state index contributed by atoms with van der Waals surface area (Å²) in [5, 5.41) is 0. The van der Waals surface area contributed by atoms with Gasteiger partial charge < -0.3 is 13.3 Å². The fraction of sp³-hybridized carbons (Fsp3) is 1.00. The average Bonchev–Trinajstić information content (AvgIpc) is 2.34. The highest BCUT2D eigenvalue weighted by Crippen LogP contribution is 2.24. The lowest BCUT2D eigenvalue weighted by atomic mass is 9.99. The molecule has 0 aromatic carbocycles. The van der Waals surface area contributed by atoms with E-state index in [0.29, 0.717) is 25.7 Å². The third kappa shape index (κ3) is 12.3. The van der Waals surface area contributed by atoms with E-state index in [1.807, 2.05) is 0 Å². The minimum absolute atomic E-state index is 0.00234. The first-order valence-corrected chi connectivity index (χ1v) is 9.60. The van der Waals surface area contributed by atoms with E-state index < -0.39 is 9.53 Å². The second kappa shape index (κ2) is 11.5. The summed E-state index contributed by atoms with van der Waals surface area (Å²) in [7, 11) is -1.97. The standard InChI is InChI=1S/C13H30O3S2Si/c1-5-7-14-19(15-8-6-2)16-10-12(11-17)9-13(3,4)18/h12,17-19H,5-11H2,1-4H3. The van der Waals surface area contributed by atoms with E-state index in [0.717, 1.165) is 25.0 Å². The lowest BCUT2D eigenvalue weighted by molar-refractivity contribution is 0.0806. The number of hydrogen-bond donors (Lipinski definition) is 2. The highest BCUT2D eigenvalue weighted by molar-refractivity contribution is 7.81. The SMILES string of the molecule is CCCO[SiH](OCCC)OCC(CS)CC(C)(C)S. The summed E-state index contributed by atoms with van der Waals surface area (Å²) in [5.74, 6) is 1.19. The first-order valence-electron chi connectivity index (χ1n) is 7.11. The van der Waals surface area contributed by atoms with Gasteiger partial charge in [-0.1, -0.05) is 27.7 Å². The van der Waals surface area contributed by atoms with E-state index in [2.05, 4.69) is 53.0 Å². The van der Waals surface area contributed by atoms with Gasteiger partial charge in [-0.15, -0.1) is 0 Å². The Kier molecular flexibility index (Phi) is 11.9. The summed E-state index contributed by atoms with van der Waals surface area (Å²) in [5.41, 5.74) is 0. The van der Waals surface area contributed by atoms with Crippen LogP contribution in [0.3, 0.4) is 0 Å². The first-order chi connectivity index (χ1) is 8.92. The van der Waals surface area contributed by atoms with Crippen molar-refractivity contribution in [2.24, 2.45) is 5.92 Å². The van der Waals surface area contributed by atoms with Gasteiger partial charge in [0.15, 0.2) is 0 Å². The maximum atomic E-state index is 5.86. The average molecular weight is 327 g/mol. The van der Waals surface area contributed by atoms with Crippen LogP contribution in [0, 0.1) is 5.92 Å². The monoisotopic (exact) mass is 326 g/mol. The quantitative estimate of drug-likeness (QED) is 0.426. The molecule has 0 rings (SSSR count). The van der Waals surface area contributed by atoms with Crippen molar-refractivity contribution in [3.05, 3.63) is 0 Å². The second-order valence-electron chi connectivity index (χ2n) is 5.43. The lowest BCUT2D eigenvalue weighted by Crippen LogP contribution is -2.32. The fourth-order valence-corrected chi connectivity index (χ4v) is 3.74. The highest BCUT2D eigenvalue weighted by atomic mass is 32.1. The Hall–Kier alpha value is 0.797. The normalized spacial score (nSPS) is 14.1. The highest BCUT2D eigenvalue weighted by Gasteiger charge is 2.22. The molecular formula is C13H30O3S2Si. The molecule has 0 aliphatic carbocycles. The van der Waals surface area contributed by atoms with Gasteiger partial charge in [0.05, 0.1) is 0 Å². The van der Waals surface area contributed by atoms with Crippen LogP contribution in [0.25, 0.3) is 0 Å². The molecule has 0 aliphatic rings. The molecule has 0 aromatic rings. The molecule has 6 heteroatoms. The summed E-state index contributed by atoms with van der Waals surface area (Å²) >= 11 is 8.96. The zero-order chi connectivity index (χ0) is 14.7. The number of hydrogen-bond acceptors (Lipinski definition) is 5. The zero-order valence-corrected chi connectivity index (χ0v) is 15.7. The van der Waals surface area contributed by atoms with E-state index in [1.54, 1.807) is 0 Å². The van der Waals surface area contributed by atoms with Crippen LogP contribution in [0.15, 0.2) is 0 Å². The second-order valence-corrected chi connectivity index (χ2v) is 8.58. The molecular weight excluding hydrogens is 296 g/mol. The Bertz CT molecular complexity index is 205. The van der Waals surface area contributed by atoms with Crippen molar-refractivity contribution >= 4 is 34.8 Å². The Morgan fingerprint density at radius 1 is 1.05 bits per heavy atom. The van der Waals surface area contributed by atoms with Crippen LogP contribution < -0.4 is 0 Å². The zero-order valence-electron chi connectivity index (χ0n) is 12.7. The molecule has 0 spiro atoms. The van der Waals surface area contributed by atoms with E-state index in [9.17, 15) is 0 Å². The van der Waals surface area contributed by atoms with Crippen LogP contribution in [0.2, 0.25) is 0 Å². The molecule has 0 radical (unpaired) electrons. The number of rotatable bonds is 12. The van der Waals surface area contributed by atoms with E-state index in [4.69, 9.17) is 13.3 Å². The summed E-state index contributed by atoms with van der Waals surface area (Å²) in [6.07, 6.45) is 2.95. The van der Waals surface area contributed by atoms with Gasteiger partial charge >= 0.3 is 9.53 Å². The van der Waals surface area contributed by atoms with Crippen molar-refractivity contribution in [1.29, 1.82) is 0 Å². The van der Waals surface area contributed by atoms with Crippen molar-refractivity contribution < 1.29 is 13.3 Å². The fourth-order valence-electron chi connectivity index (χ4n) is 1.67. The maximum absolute atomic E-state index is 5.86. The smallest absolute Gasteiger partial charge is 0.376 e. The summed E-state index contributed by atoms with van der Waals surface area (Å²) in [4.78, 5) is 0. The third-order valence-corrected chi connectivity index (χ3v) is 4.61. The lowest BCUT2D eigenvalue weighted by Gasteiger charge is -2.25. The molecule has 1 atom stereocenters. The van der Waals surface area contributed by atoms with Crippen molar-refractivity contribution in [2.75, 3.05) is 25.6 Å². The molecule has 0 aliphatic heterocycles. The summed E-state index contributed by atoms with van der Waals surface area (Å²) < 4.78 is 17.2. The maximum Gasteiger partial charge on any atom is 0.484 e.